The van der Waals surface area contributed by atoms with Crippen molar-refractivity contribution in [1.82, 2.24) is 0 Å². The van der Waals surface area contributed by atoms with Crippen LogP contribution in [0.25, 0.3) is 6.08 Å². The fourth-order valence-corrected chi connectivity index (χ4v) is 1.85. The van der Waals surface area contributed by atoms with Gasteiger partial charge in [-0.05, 0) is 50.1 Å². The maximum absolute atomic E-state index is 5.32. The molecule has 0 aliphatic heterocycles. The van der Waals surface area contributed by atoms with E-state index in [1.54, 1.807) is 21.3 Å². The number of rotatable bonds is 4. The Kier molecular flexibility index (Phi) is 5.15. The zero-order chi connectivity index (χ0) is 12.1. The lowest BCUT2D eigenvalue weighted by atomic mass is 10.1. The van der Waals surface area contributed by atoms with Crippen LogP contribution in [0.15, 0.2) is 15.5 Å². The molecule has 88 valence electrons. The van der Waals surface area contributed by atoms with Gasteiger partial charge < -0.3 is 14.2 Å². The quantitative estimate of drug-likeness (QED) is 0.825. The van der Waals surface area contributed by atoms with Gasteiger partial charge in [0.15, 0.2) is 11.5 Å². The first kappa shape index (κ1) is 13.4. The maximum atomic E-state index is 5.32. The van der Waals surface area contributed by atoms with Crippen molar-refractivity contribution in [3.05, 3.63) is 21.1 Å². The third kappa shape index (κ3) is 2.92. The Labute approximate surface area is 112 Å². The fraction of sp³-hybridized carbons (Fsp3) is 0.273. The molecule has 0 aliphatic rings. The summed E-state index contributed by atoms with van der Waals surface area (Å²) >= 11 is 6.61. The maximum Gasteiger partial charge on any atom is 0.203 e. The highest BCUT2D eigenvalue weighted by molar-refractivity contribution is 9.28. The smallest absolute Gasteiger partial charge is 0.203 e. The first-order valence-electron chi connectivity index (χ1n) is 4.45. The van der Waals surface area contributed by atoms with Crippen molar-refractivity contribution in [1.29, 1.82) is 0 Å². The topological polar surface area (TPSA) is 27.7 Å². The Morgan fingerprint density at radius 2 is 1.62 bits per heavy atom. The number of benzene rings is 1. The van der Waals surface area contributed by atoms with Crippen LogP contribution >= 0.6 is 31.9 Å². The van der Waals surface area contributed by atoms with E-state index in [1.807, 2.05) is 18.2 Å². The second-order valence-electron chi connectivity index (χ2n) is 2.86. The summed E-state index contributed by atoms with van der Waals surface area (Å²) in [5, 5.41) is 0. The summed E-state index contributed by atoms with van der Waals surface area (Å²) < 4.78 is 16.6. The molecule has 0 bridgehead atoms. The highest BCUT2D eigenvalue weighted by Gasteiger charge is 2.14. The summed E-state index contributed by atoms with van der Waals surface area (Å²) in [5.41, 5.74) is 0.893. The lowest BCUT2D eigenvalue weighted by Gasteiger charge is -2.13. The summed E-state index contributed by atoms with van der Waals surface area (Å²) in [5.74, 6) is 1.86. The monoisotopic (exact) mass is 350 g/mol. The number of hydrogen-bond acceptors (Lipinski definition) is 3. The van der Waals surface area contributed by atoms with E-state index in [0.717, 1.165) is 8.96 Å². The van der Waals surface area contributed by atoms with Gasteiger partial charge in [0.05, 0.1) is 24.7 Å². The van der Waals surface area contributed by atoms with E-state index >= 15 is 0 Å². The van der Waals surface area contributed by atoms with Gasteiger partial charge in [0.2, 0.25) is 5.75 Å². The molecule has 0 atom stereocenters. The summed E-state index contributed by atoms with van der Waals surface area (Å²) in [6.45, 7) is 0. The van der Waals surface area contributed by atoms with E-state index in [0.29, 0.717) is 17.2 Å². The number of hydrogen-bond donors (Lipinski definition) is 0. The lowest BCUT2D eigenvalue weighted by Crippen LogP contribution is -1.96. The Morgan fingerprint density at radius 1 is 1.00 bits per heavy atom. The van der Waals surface area contributed by atoms with Crippen LogP contribution < -0.4 is 14.2 Å². The van der Waals surface area contributed by atoms with Crippen LogP contribution in [-0.4, -0.2) is 21.3 Å². The Hall–Kier alpha value is -0.680. The van der Waals surface area contributed by atoms with Crippen LogP contribution in [-0.2, 0) is 0 Å². The molecule has 0 amide bonds. The molecule has 5 heteroatoms. The average molecular weight is 352 g/mol. The first-order valence-corrected chi connectivity index (χ1v) is 6.04. The van der Waals surface area contributed by atoms with Crippen LogP contribution in [0, 0.1) is 0 Å². The zero-order valence-corrected chi connectivity index (χ0v) is 12.4. The van der Waals surface area contributed by atoms with E-state index in [1.165, 1.54) is 0 Å². The lowest BCUT2D eigenvalue weighted by molar-refractivity contribution is 0.324. The summed E-state index contributed by atoms with van der Waals surface area (Å²) in [6.07, 6.45) is 1.88. The molecule has 0 spiro atoms. The highest BCUT2D eigenvalue weighted by Crippen LogP contribution is 2.41. The highest BCUT2D eigenvalue weighted by atomic mass is 79.9. The molecule has 0 radical (unpaired) electrons. The van der Waals surface area contributed by atoms with Gasteiger partial charge >= 0.3 is 0 Å². The summed E-state index contributed by atoms with van der Waals surface area (Å²) in [6, 6.07) is 3.72. The molecule has 0 heterocycles. The van der Waals surface area contributed by atoms with Gasteiger partial charge in [-0.1, -0.05) is 0 Å². The fourth-order valence-electron chi connectivity index (χ4n) is 1.36. The van der Waals surface area contributed by atoms with Crippen LogP contribution in [0.1, 0.15) is 5.56 Å². The average Bonchev–Trinajstić information content (AvgIpc) is 2.27. The van der Waals surface area contributed by atoms with Crippen molar-refractivity contribution >= 4 is 37.9 Å². The van der Waals surface area contributed by atoms with Crippen molar-refractivity contribution in [2.24, 2.45) is 0 Å². The molecule has 0 N–H and O–H groups in total. The number of ether oxygens (including phenoxy) is 3. The van der Waals surface area contributed by atoms with Gasteiger partial charge in [-0.3, -0.25) is 0 Å². The molecule has 0 fully saturated rings. The Balaban J connectivity index is 3.37. The number of methoxy groups -OCH3 is 3. The van der Waals surface area contributed by atoms with Crippen LogP contribution in [0.4, 0.5) is 0 Å². The summed E-state index contributed by atoms with van der Waals surface area (Å²) in [7, 11) is 4.76. The molecule has 1 aromatic rings. The standard InChI is InChI=1S/C11H12Br2O3/c1-14-8-5-4-7(6-9(12)13)10(15-2)11(8)16-3/h4-6H,1-3H3. The molecule has 3 nitrogen and oxygen atoms in total. The Bertz CT molecular complexity index is 398. The molecule has 0 saturated heterocycles. The molecular formula is C11H12Br2O3. The normalized spacial score (nSPS) is 9.56. The van der Waals surface area contributed by atoms with E-state index in [4.69, 9.17) is 14.2 Å². The van der Waals surface area contributed by atoms with Crippen molar-refractivity contribution in [2.75, 3.05) is 21.3 Å². The van der Waals surface area contributed by atoms with E-state index < -0.39 is 0 Å². The van der Waals surface area contributed by atoms with Gasteiger partial charge in [0, 0.05) is 5.56 Å². The zero-order valence-electron chi connectivity index (χ0n) is 9.21. The minimum atomic E-state index is 0.583. The molecule has 1 rings (SSSR count). The molecule has 0 unspecified atom stereocenters. The first-order chi connectivity index (χ1) is 7.63. The van der Waals surface area contributed by atoms with E-state index in [2.05, 4.69) is 31.9 Å². The number of halogens is 2. The SMILES string of the molecule is COc1ccc(C=C(Br)Br)c(OC)c1OC. The molecule has 0 aliphatic carbocycles. The van der Waals surface area contributed by atoms with Crippen LogP contribution in [0.3, 0.4) is 0 Å². The largest absolute Gasteiger partial charge is 0.493 e. The van der Waals surface area contributed by atoms with Gasteiger partial charge in [-0.15, -0.1) is 0 Å². The third-order valence-electron chi connectivity index (χ3n) is 2.00. The third-order valence-corrected chi connectivity index (χ3v) is 2.46. The molecule has 1 aromatic carbocycles. The van der Waals surface area contributed by atoms with Gasteiger partial charge in [0.1, 0.15) is 0 Å². The van der Waals surface area contributed by atoms with E-state index in [9.17, 15) is 0 Å². The van der Waals surface area contributed by atoms with Gasteiger partial charge in [-0.25, -0.2) is 0 Å². The second-order valence-corrected chi connectivity index (χ2v) is 5.63. The summed E-state index contributed by atoms with van der Waals surface area (Å²) in [4.78, 5) is 0. The Morgan fingerprint density at radius 3 is 2.06 bits per heavy atom. The van der Waals surface area contributed by atoms with Gasteiger partial charge in [-0.2, -0.15) is 0 Å². The van der Waals surface area contributed by atoms with Gasteiger partial charge in [0.25, 0.3) is 0 Å². The predicted molar refractivity (Wildman–Crippen MR) is 71.9 cm³/mol. The van der Waals surface area contributed by atoms with E-state index in [-0.39, 0.29) is 0 Å². The van der Waals surface area contributed by atoms with Crippen LogP contribution in [0.2, 0.25) is 0 Å². The second kappa shape index (κ2) is 6.15. The minimum Gasteiger partial charge on any atom is -0.493 e. The van der Waals surface area contributed by atoms with Crippen molar-refractivity contribution in [3.63, 3.8) is 0 Å². The van der Waals surface area contributed by atoms with Crippen molar-refractivity contribution in [2.45, 2.75) is 0 Å². The van der Waals surface area contributed by atoms with Crippen LogP contribution in [0.5, 0.6) is 17.2 Å². The predicted octanol–water partition coefficient (Wildman–Crippen LogP) is 3.80. The molecule has 0 aromatic heterocycles. The van der Waals surface area contributed by atoms with Crippen molar-refractivity contribution < 1.29 is 14.2 Å². The molecular weight excluding hydrogens is 340 g/mol. The molecule has 16 heavy (non-hydrogen) atoms. The molecule has 0 saturated carbocycles. The van der Waals surface area contributed by atoms with Crippen molar-refractivity contribution in [3.8, 4) is 17.2 Å². The minimum absolute atomic E-state index is 0.583.